The van der Waals surface area contributed by atoms with E-state index >= 15 is 0 Å². The van der Waals surface area contributed by atoms with Crippen molar-refractivity contribution in [1.82, 2.24) is 10.2 Å². The first-order valence-electron chi connectivity index (χ1n) is 10.3. The number of rotatable bonds is 5. The standard InChI is InChI=1S/C22H32N2O/c25-22(16-19-14-20-8-9-21(15-19)23-20)24-12-10-18(11-13-24)7-6-17-4-2-1-3-5-17/h1-5,18-21,23H,6-16H2. The van der Waals surface area contributed by atoms with Crippen LogP contribution in [0.5, 0.6) is 0 Å². The summed E-state index contributed by atoms with van der Waals surface area (Å²) in [5, 5.41) is 3.68. The molecule has 3 heterocycles. The molecule has 0 aliphatic carbocycles. The van der Waals surface area contributed by atoms with Gasteiger partial charge in [0, 0.05) is 31.6 Å². The van der Waals surface area contributed by atoms with Crippen LogP contribution in [0.2, 0.25) is 0 Å². The van der Waals surface area contributed by atoms with E-state index in [-0.39, 0.29) is 0 Å². The van der Waals surface area contributed by atoms with Crippen molar-refractivity contribution in [2.24, 2.45) is 11.8 Å². The molecule has 3 aliphatic heterocycles. The van der Waals surface area contributed by atoms with Crippen LogP contribution in [0, 0.1) is 11.8 Å². The fourth-order valence-corrected chi connectivity index (χ4v) is 5.20. The number of carbonyl (C=O) groups excluding carboxylic acids is 1. The summed E-state index contributed by atoms with van der Waals surface area (Å²) < 4.78 is 0. The quantitative estimate of drug-likeness (QED) is 0.885. The number of fused-ring (bicyclic) bond motifs is 2. The van der Waals surface area contributed by atoms with Crippen LogP contribution in [0.15, 0.2) is 30.3 Å². The van der Waals surface area contributed by atoms with E-state index in [0.717, 1.165) is 25.4 Å². The van der Waals surface area contributed by atoms with Crippen molar-refractivity contribution in [3.63, 3.8) is 0 Å². The molecule has 3 saturated heterocycles. The van der Waals surface area contributed by atoms with Crippen LogP contribution < -0.4 is 5.32 Å². The molecule has 0 saturated carbocycles. The molecule has 2 atom stereocenters. The first kappa shape index (κ1) is 17.1. The van der Waals surface area contributed by atoms with Crippen LogP contribution in [0.1, 0.15) is 56.9 Å². The summed E-state index contributed by atoms with van der Waals surface area (Å²) in [6.07, 6.45) is 10.7. The molecule has 1 aromatic carbocycles. The molecule has 1 aromatic rings. The van der Waals surface area contributed by atoms with Gasteiger partial charge in [-0.05, 0) is 68.8 Å². The average molecular weight is 341 g/mol. The van der Waals surface area contributed by atoms with Crippen LogP contribution in [0.25, 0.3) is 0 Å². The molecule has 3 aliphatic rings. The van der Waals surface area contributed by atoms with Crippen LogP contribution in [-0.4, -0.2) is 36.0 Å². The maximum absolute atomic E-state index is 12.7. The molecule has 136 valence electrons. The van der Waals surface area contributed by atoms with Crippen molar-refractivity contribution in [1.29, 1.82) is 0 Å². The molecule has 0 radical (unpaired) electrons. The molecular formula is C22H32N2O. The smallest absolute Gasteiger partial charge is 0.222 e. The molecule has 4 rings (SSSR count). The number of hydrogen-bond acceptors (Lipinski definition) is 2. The third kappa shape index (κ3) is 4.44. The van der Waals surface area contributed by atoms with E-state index in [1.54, 1.807) is 0 Å². The number of piperidine rings is 2. The van der Waals surface area contributed by atoms with Crippen molar-refractivity contribution in [2.45, 2.75) is 69.9 Å². The van der Waals surface area contributed by atoms with Gasteiger partial charge in [0.15, 0.2) is 0 Å². The Bertz CT molecular complexity index is 553. The number of benzene rings is 1. The molecule has 2 bridgehead atoms. The SMILES string of the molecule is O=C(CC1CC2CCC(C1)N2)N1CCC(CCc2ccccc2)CC1. The predicted octanol–water partition coefficient (Wildman–Crippen LogP) is 3.78. The molecule has 3 nitrogen and oxygen atoms in total. The van der Waals surface area contributed by atoms with Crippen LogP contribution >= 0.6 is 0 Å². The normalized spacial score (nSPS) is 29.8. The minimum absolute atomic E-state index is 0.424. The topological polar surface area (TPSA) is 32.3 Å². The van der Waals surface area contributed by atoms with Gasteiger partial charge in [0.2, 0.25) is 5.91 Å². The average Bonchev–Trinajstić information content (AvgIpc) is 2.99. The van der Waals surface area contributed by atoms with E-state index in [9.17, 15) is 4.79 Å². The van der Waals surface area contributed by atoms with Gasteiger partial charge in [-0.1, -0.05) is 30.3 Å². The van der Waals surface area contributed by atoms with Crippen LogP contribution in [0.3, 0.4) is 0 Å². The fourth-order valence-electron chi connectivity index (χ4n) is 5.20. The largest absolute Gasteiger partial charge is 0.343 e. The number of carbonyl (C=O) groups is 1. The first-order valence-corrected chi connectivity index (χ1v) is 10.3. The zero-order valence-corrected chi connectivity index (χ0v) is 15.3. The van der Waals surface area contributed by atoms with E-state index in [4.69, 9.17) is 0 Å². The second-order valence-electron chi connectivity index (χ2n) is 8.53. The van der Waals surface area contributed by atoms with Crippen molar-refractivity contribution < 1.29 is 4.79 Å². The van der Waals surface area contributed by atoms with Gasteiger partial charge < -0.3 is 10.2 Å². The number of amides is 1. The van der Waals surface area contributed by atoms with E-state index < -0.39 is 0 Å². The highest BCUT2D eigenvalue weighted by Gasteiger charge is 2.35. The Morgan fingerprint density at radius 2 is 1.64 bits per heavy atom. The maximum atomic E-state index is 12.7. The molecule has 25 heavy (non-hydrogen) atoms. The van der Waals surface area contributed by atoms with Crippen molar-refractivity contribution in [2.75, 3.05) is 13.1 Å². The Kier molecular flexibility index (Phi) is 5.40. The second-order valence-corrected chi connectivity index (χ2v) is 8.53. The molecule has 1 amide bonds. The van der Waals surface area contributed by atoms with Gasteiger partial charge in [0.05, 0.1) is 0 Å². The van der Waals surface area contributed by atoms with Gasteiger partial charge in [-0.25, -0.2) is 0 Å². The summed E-state index contributed by atoms with van der Waals surface area (Å²) in [6.45, 7) is 1.96. The highest BCUT2D eigenvalue weighted by molar-refractivity contribution is 5.76. The lowest BCUT2D eigenvalue weighted by atomic mass is 9.88. The summed E-state index contributed by atoms with van der Waals surface area (Å²) >= 11 is 0. The lowest BCUT2D eigenvalue weighted by Gasteiger charge is -2.34. The van der Waals surface area contributed by atoms with Crippen LogP contribution in [0.4, 0.5) is 0 Å². The van der Waals surface area contributed by atoms with Gasteiger partial charge in [0.25, 0.3) is 0 Å². The Balaban J connectivity index is 1.18. The minimum atomic E-state index is 0.424. The summed E-state index contributed by atoms with van der Waals surface area (Å²) in [5.74, 6) is 1.84. The van der Waals surface area contributed by atoms with Crippen molar-refractivity contribution in [3.8, 4) is 0 Å². The Labute approximate surface area is 152 Å². The summed E-state index contributed by atoms with van der Waals surface area (Å²) in [7, 11) is 0. The summed E-state index contributed by atoms with van der Waals surface area (Å²) in [4.78, 5) is 14.8. The highest BCUT2D eigenvalue weighted by Crippen LogP contribution is 2.33. The number of hydrogen-bond donors (Lipinski definition) is 1. The highest BCUT2D eigenvalue weighted by atomic mass is 16.2. The minimum Gasteiger partial charge on any atom is -0.343 e. The second kappa shape index (κ2) is 7.90. The van der Waals surface area contributed by atoms with Crippen LogP contribution in [-0.2, 0) is 11.2 Å². The molecule has 2 unspecified atom stereocenters. The number of aryl methyl sites for hydroxylation is 1. The molecule has 0 spiro atoms. The lowest BCUT2D eigenvalue weighted by molar-refractivity contribution is -0.133. The summed E-state index contributed by atoms with van der Waals surface area (Å²) in [5.41, 5.74) is 1.45. The molecular weight excluding hydrogens is 308 g/mol. The summed E-state index contributed by atoms with van der Waals surface area (Å²) in [6, 6.07) is 12.2. The third-order valence-corrected chi connectivity index (χ3v) is 6.69. The maximum Gasteiger partial charge on any atom is 0.222 e. The van der Waals surface area contributed by atoms with Gasteiger partial charge in [0.1, 0.15) is 0 Å². The Morgan fingerprint density at radius 1 is 0.960 bits per heavy atom. The number of likely N-dealkylation sites (tertiary alicyclic amines) is 1. The van der Waals surface area contributed by atoms with Gasteiger partial charge in [-0.2, -0.15) is 0 Å². The van der Waals surface area contributed by atoms with Crippen molar-refractivity contribution in [3.05, 3.63) is 35.9 Å². The molecule has 3 fully saturated rings. The van der Waals surface area contributed by atoms with E-state index in [1.165, 1.54) is 56.9 Å². The zero-order chi connectivity index (χ0) is 17.1. The fraction of sp³-hybridized carbons (Fsp3) is 0.682. The number of nitrogens with one attached hydrogen (secondary N) is 1. The number of nitrogens with zero attached hydrogens (tertiary/aromatic N) is 1. The lowest BCUT2D eigenvalue weighted by Crippen LogP contribution is -2.42. The van der Waals surface area contributed by atoms with E-state index in [1.807, 2.05) is 0 Å². The van der Waals surface area contributed by atoms with Gasteiger partial charge in [-0.3, -0.25) is 4.79 Å². The first-order chi connectivity index (χ1) is 12.3. The Morgan fingerprint density at radius 3 is 2.32 bits per heavy atom. The predicted molar refractivity (Wildman–Crippen MR) is 101 cm³/mol. The third-order valence-electron chi connectivity index (χ3n) is 6.69. The Hall–Kier alpha value is -1.35. The molecule has 3 heteroatoms. The van der Waals surface area contributed by atoms with Crippen molar-refractivity contribution >= 4 is 5.91 Å². The monoisotopic (exact) mass is 340 g/mol. The van der Waals surface area contributed by atoms with E-state index in [2.05, 4.69) is 40.5 Å². The molecule has 1 N–H and O–H groups in total. The van der Waals surface area contributed by atoms with Gasteiger partial charge >= 0.3 is 0 Å². The van der Waals surface area contributed by atoms with E-state index in [0.29, 0.717) is 23.9 Å². The molecule has 0 aromatic heterocycles. The van der Waals surface area contributed by atoms with Gasteiger partial charge in [-0.15, -0.1) is 0 Å². The zero-order valence-electron chi connectivity index (χ0n) is 15.3.